The average molecular weight is 448 g/mol. The van der Waals surface area contributed by atoms with E-state index >= 15 is 0 Å². The summed E-state index contributed by atoms with van der Waals surface area (Å²) in [6.07, 6.45) is 17.1. The van der Waals surface area contributed by atoms with Crippen molar-refractivity contribution in [1.29, 1.82) is 0 Å². The minimum atomic E-state index is -0.193. The molecule has 0 aliphatic heterocycles. The van der Waals surface area contributed by atoms with Crippen molar-refractivity contribution in [3.8, 4) is 11.5 Å². The molecule has 5 heteroatoms. The Hall–Kier alpha value is -3.34. The molecule has 3 rings (SSSR count). The Balaban J connectivity index is 1.16. The molecule has 2 aromatic carbocycles. The molecule has 33 heavy (non-hydrogen) atoms. The van der Waals surface area contributed by atoms with Gasteiger partial charge >= 0.3 is 0 Å². The van der Waals surface area contributed by atoms with E-state index in [-0.39, 0.29) is 17.4 Å². The normalized spacial score (nSPS) is 11.3. The van der Waals surface area contributed by atoms with Gasteiger partial charge in [-0.1, -0.05) is 56.4 Å². The second-order valence-electron chi connectivity index (χ2n) is 8.51. The van der Waals surface area contributed by atoms with Crippen LogP contribution in [-0.2, 0) is 11.3 Å². The number of carbonyl (C=O) groups excluding carboxylic acids is 1. The molecule has 0 fully saturated rings. The van der Waals surface area contributed by atoms with Gasteiger partial charge in [0.15, 0.2) is 23.9 Å². The van der Waals surface area contributed by atoms with Gasteiger partial charge < -0.3 is 15.5 Å². The topological polar surface area (TPSA) is 73.4 Å². The molecule has 174 valence electrons. The summed E-state index contributed by atoms with van der Waals surface area (Å²) in [5, 5.41) is 24.2. The van der Waals surface area contributed by atoms with Crippen LogP contribution in [0.3, 0.4) is 0 Å². The molecule has 1 amide bonds. The maximum atomic E-state index is 11.9. The van der Waals surface area contributed by atoms with E-state index in [0.717, 1.165) is 19.4 Å². The molecule has 3 aromatic rings. The van der Waals surface area contributed by atoms with E-state index in [4.69, 9.17) is 0 Å². The third-order valence-corrected chi connectivity index (χ3v) is 5.82. The van der Waals surface area contributed by atoms with Gasteiger partial charge in [-0.25, -0.2) is 4.57 Å². The third kappa shape index (κ3) is 8.60. The standard InChI is InChI=1S/C28H34N2O3/c31-26-15-13-23(21-27(26)32)14-16-28(33)29-18-9-5-3-1-2-4-6-10-19-30-20-17-24-11-7-8-12-25(24)22-30/h7-8,11-17,20-22H,1-6,9-10,18-19H2,(H2-,29,31,32,33)/p+1. The van der Waals surface area contributed by atoms with Crippen LogP contribution < -0.4 is 9.88 Å². The van der Waals surface area contributed by atoms with Crippen molar-refractivity contribution in [3.05, 3.63) is 72.6 Å². The molecule has 1 aromatic heterocycles. The first-order valence-corrected chi connectivity index (χ1v) is 12.0. The monoisotopic (exact) mass is 447 g/mol. The van der Waals surface area contributed by atoms with Crippen LogP contribution in [0.5, 0.6) is 11.5 Å². The molecule has 0 spiro atoms. The zero-order valence-electron chi connectivity index (χ0n) is 19.2. The van der Waals surface area contributed by atoms with Crippen molar-refractivity contribution in [2.75, 3.05) is 6.54 Å². The van der Waals surface area contributed by atoms with E-state index in [9.17, 15) is 15.0 Å². The smallest absolute Gasteiger partial charge is 0.243 e. The molecule has 1 heterocycles. The van der Waals surface area contributed by atoms with Crippen molar-refractivity contribution >= 4 is 22.8 Å². The van der Waals surface area contributed by atoms with Crippen LogP contribution in [0, 0.1) is 0 Å². The molecular formula is C28H35N2O3+. The second kappa shape index (κ2) is 13.3. The highest BCUT2D eigenvalue weighted by Gasteiger charge is 2.03. The van der Waals surface area contributed by atoms with Crippen molar-refractivity contribution < 1.29 is 19.6 Å². The molecule has 0 aliphatic rings. The summed E-state index contributed by atoms with van der Waals surface area (Å²) in [6, 6.07) is 15.1. The highest BCUT2D eigenvalue weighted by molar-refractivity contribution is 5.91. The number of aryl methyl sites for hydroxylation is 1. The summed E-state index contributed by atoms with van der Waals surface area (Å²) >= 11 is 0. The van der Waals surface area contributed by atoms with Gasteiger partial charge in [-0.3, -0.25) is 4.79 Å². The molecule has 0 bridgehead atoms. The fraction of sp³-hybridized carbons (Fsp3) is 0.357. The Kier molecular flexibility index (Phi) is 9.77. The molecule has 0 saturated carbocycles. The fourth-order valence-corrected chi connectivity index (χ4v) is 3.88. The third-order valence-electron chi connectivity index (χ3n) is 5.82. The Morgan fingerprint density at radius 1 is 0.818 bits per heavy atom. The number of nitrogens with zero attached hydrogens (tertiary/aromatic N) is 1. The summed E-state index contributed by atoms with van der Waals surface area (Å²) in [7, 11) is 0. The fourth-order valence-electron chi connectivity index (χ4n) is 3.88. The Labute approximate surface area is 196 Å². The minimum Gasteiger partial charge on any atom is -0.504 e. The van der Waals surface area contributed by atoms with E-state index < -0.39 is 0 Å². The number of phenols is 2. The number of hydrogen-bond donors (Lipinski definition) is 3. The summed E-state index contributed by atoms with van der Waals surface area (Å²) in [5.74, 6) is -0.509. The number of nitrogens with one attached hydrogen (secondary N) is 1. The molecule has 0 saturated heterocycles. The number of carbonyl (C=O) groups is 1. The van der Waals surface area contributed by atoms with Crippen LogP contribution in [-0.4, -0.2) is 22.7 Å². The maximum absolute atomic E-state index is 11.9. The number of benzene rings is 2. The number of rotatable bonds is 13. The van der Waals surface area contributed by atoms with Crippen molar-refractivity contribution in [2.24, 2.45) is 0 Å². The Bertz CT molecular complexity index is 1060. The highest BCUT2D eigenvalue weighted by atomic mass is 16.3. The molecular weight excluding hydrogens is 412 g/mol. The van der Waals surface area contributed by atoms with Gasteiger partial charge in [-0.2, -0.15) is 0 Å². The summed E-state index contributed by atoms with van der Waals surface area (Å²) in [6.45, 7) is 1.75. The number of aromatic nitrogens is 1. The zero-order chi connectivity index (χ0) is 23.3. The van der Waals surface area contributed by atoms with E-state index in [1.807, 2.05) is 0 Å². The molecule has 5 nitrogen and oxygen atoms in total. The molecule has 3 N–H and O–H groups in total. The maximum Gasteiger partial charge on any atom is 0.243 e. The number of unbranched alkanes of at least 4 members (excludes halogenated alkanes) is 7. The predicted molar refractivity (Wildman–Crippen MR) is 133 cm³/mol. The lowest BCUT2D eigenvalue weighted by molar-refractivity contribution is -0.696. The zero-order valence-corrected chi connectivity index (χ0v) is 19.2. The van der Waals surface area contributed by atoms with Crippen LogP contribution in [0.25, 0.3) is 16.8 Å². The van der Waals surface area contributed by atoms with E-state index in [2.05, 4.69) is 52.6 Å². The summed E-state index contributed by atoms with van der Waals surface area (Å²) in [5.41, 5.74) is 0.663. The van der Waals surface area contributed by atoms with Crippen molar-refractivity contribution in [3.63, 3.8) is 0 Å². The average Bonchev–Trinajstić information content (AvgIpc) is 2.83. The second-order valence-corrected chi connectivity index (χ2v) is 8.51. The van der Waals surface area contributed by atoms with Crippen LogP contribution in [0.1, 0.15) is 56.9 Å². The first-order chi connectivity index (χ1) is 16.1. The van der Waals surface area contributed by atoms with Gasteiger partial charge in [-0.15, -0.1) is 0 Å². The van der Waals surface area contributed by atoms with Gasteiger partial charge in [-0.05, 0) is 48.1 Å². The molecule has 0 aliphatic carbocycles. The molecule has 0 atom stereocenters. The number of pyridine rings is 1. The van der Waals surface area contributed by atoms with Crippen LogP contribution in [0.15, 0.2) is 67.0 Å². The lowest BCUT2D eigenvalue weighted by Gasteiger charge is -2.04. The van der Waals surface area contributed by atoms with Gasteiger partial charge in [0.05, 0.1) is 0 Å². The van der Waals surface area contributed by atoms with E-state index in [1.165, 1.54) is 67.5 Å². The quantitative estimate of drug-likeness (QED) is 0.140. The van der Waals surface area contributed by atoms with Gasteiger partial charge in [0.1, 0.15) is 6.54 Å². The van der Waals surface area contributed by atoms with E-state index in [0.29, 0.717) is 12.1 Å². The van der Waals surface area contributed by atoms with Gasteiger partial charge in [0, 0.05) is 30.5 Å². The van der Waals surface area contributed by atoms with Crippen LogP contribution in [0.2, 0.25) is 0 Å². The number of hydrogen-bond acceptors (Lipinski definition) is 3. The number of aromatic hydroxyl groups is 2. The van der Waals surface area contributed by atoms with Crippen molar-refractivity contribution in [1.82, 2.24) is 5.32 Å². The largest absolute Gasteiger partial charge is 0.504 e. The number of phenolic OH excluding ortho intramolecular Hbond substituents is 2. The summed E-state index contributed by atoms with van der Waals surface area (Å²) < 4.78 is 2.29. The first-order valence-electron chi connectivity index (χ1n) is 12.0. The highest BCUT2D eigenvalue weighted by Crippen LogP contribution is 2.25. The Morgan fingerprint density at radius 2 is 1.52 bits per heavy atom. The molecule has 0 radical (unpaired) electrons. The van der Waals surface area contributed by atoms with Crippen molar-refractivity contribution in [2.45, 2.75) is 57.9 Å². The lowest BCUT2D eigenvalue weighted by atomic mass is 10.1. The number of fused-ring (bicyclic) bond motifs is 1. The Morgan fingerprint density at radius 3 is 2.27 bits per heavy atom. The molecule has 0 unspecified atom stereocenters. The number of amides is 1. The SMILES string of the molecule is O=C(/C=C/c1ccc(O)c(O)c1)NCCCCCCCCCC[n+]1ccc2ccccc2c1. The van der Waals surface area contributed by atoms with Gasteiger partial charge in [0.2, 0.25) is 5.91 Å². The summed E-state index contributed by atoms with van der Waals surface area (Å²) in [4.78, 5) is 11.9. The minimum absolute atomic E-state index is 0.146. The van der Waals surface area contributed by atoms with Crippen LogP contribution in [0.4, 0.5) is 0 Å². The van der Waals surface area contributed by atoms with Crippen LogP contribution >= 0.6 is 0 Å². The predicted octanol–water partition coefficient (Wildman–Crippen LogP) is 5.49. The lowest BCUT2D eigenvalue weighted by Crippen LogP contribution is -2.32. The first kappa shape index (κ1) is 24.3. The van der Waals surface area contributed by atoms with Gasteiger partial charge in [0.25, 0.3) is 0 Å². The van der Waals surface area contributed by atoms with E-state index in [1.54, 1.807) is 12.1 Å².